The van der Waals surface area contributed by atoms with Crippen LogP contribution in [0.2, 0.25) is 0 Å². The van der Waals surface area contributed by atoms with Gasteiger partial charge in [0, 0.05) is 17.2 Å². The zero-order chi connectivity index (χ0) is 15.0. The van der Waals surface area contributed by atoms with Crippen LogP contribution in [0.4, 0.5) is 5.82 Å². The number of nitrogens with zero attached hydrogens (tertiary/aromatic N) is 1. The fraction of sp³-hybridized carbons (Fsp3) is 0.538. The molecule has 7 heteroatoms. The van der Waals surface area contributed by atoms with E-state index in [-0.39, 0.29) is 6.61 Å². The summed E-state index contributed by atoms with van der Waals surface area (Å²) < 4.78 is 16.6. The Bertz CT molecular complexity index is 503. The normalized spacial score (nSPS) is 19.9. The van der Waals surface area contributed by atoms with Crippen molar-refractivity contribution in [1.29, 1.82) is 0 Å². The predicted molar refractivity (Wildman–Crippen MR) is 75.2 cm³/mol. The summed E-state index contributed by atoms with van der Waals surface area (Å²) in [6.45, 7) is 8.38. The molecule has 1 aromatic heterocycles. The number of hydrogen-bond acceptors (Lipinski definition) is 6. The van der Waals surface area contributed by atoms with E-state index in [4.69, 9.17) is 19.8 Å². The van der Waals surface area contributed by atoms with E-state index < -0.39 is 18.3 Å². The Labute approximate surface area is 118 Å². The van der Waals surface area contributed by atoms with E-state index in [0.29, 0.717) is 17.9 Å². The topological polar surface area (TPSA) is 83.7 Å². The molecule has 2 rings (SSSR count). The lowest BCUT2D eigenvalue weighted by molar-refractivity contribution is -0.129. The van der Waals surface area contributed by atoms with Gasteiger partial charge in [-0.1, -0.05) is 6.07 Å². The van der Waals surface area contributed by atoms with Gasteiger partial charge in [0.15, 0.2) is 0 Å². The summed E-state index contributed by atoms with van der Waals surface area (Å²) >= 11 is 0. The summed E-state index contributed by atoms with van der Waals surface area (Å²) in [5, 5.41) is 0. The van der Waals surface area contributed by atoms with Crippen LogP contribution in [-0.4, -0.2) is 29.8 Å². The van der Waals surface area contributed by atoms with Gasteiger partial charge in [-0.3, -0.25) is 4.79 Å². The van der Waals surface area contributed by atoms with Gasteiger partial charge in [-0.15, -0.1) is 0 Å². The van der Waals surface area contributed by atoms with Crippen LogP contribution in [0, 0.1) is 0 Å². The number of nitrogen functional groups attached to an aromatic ring is 1. The van der Waals surface area contributed by atoms with Gasteiger partial charge in [-0.05, 0) is 27.7 Å². The molecule has 1 fully saturated rings. The highest BCUT2D eigenvalue weighted by Gasteiger charge is 2.51. The van der Waals surface area contributed by atoms with Crippen molar-refractivity contribution < 1.29 is 18.8 Å². The molecular weight excluding hydrogens is 259 g/mol. The Morgan fingerprint density at radius 2 is 1.95 bits per heavy atom. The van der Waals surface area contributed by atoms with E-state index >= 15 is 0 Å². The largest absolute Gasteiger partial charge is 0.496 e. The van der Waals surface area contributed by atoms with E-state index in [9.17, 15) is 4.79 Å². The number of aromatic nitrogens is 1. The van der Waals surface area contributed by atoms with E-state index in [1.165, 1.54) is 0 Å². The summed E-state index contributed by atoms with van der Waals surface area (Å²) in [5.41, 5.74) is 6.29. The number of rotatable bonds is 4. The van der Waals surface area contributed by atoms with Crippen LogP contribution in [0.1, 0.15) is 33.3 Å². The first kappa shape index (κ1) is 14.8. The van der Waals surface area contributed by atoms with Crippen molar-refractivity contribution in [2.45, 2.75) is 45.5 Å². The highest BCUT2D eigenvalue weighted by Crippen LogP contribution is 2.36. The summed E-state index contributed by atoms with van der Waals surface area (Å²) in [6.07, 6.45) is 1.61. The molecule has 0 aromatic carbocycles. The first-order valence-corrected chi connectivity index (χ1v) is 6.42. The van der Waals surface area contributed by atoms with Crippen LogP contribution in [0.15, 0.2) is 12.3 Å². The maximum absolute atomic E-state index is 10.3. The molecule has 0 bridgehead atoms. The van der Waals surface area contributed by atoms with Gasteiger partial charge in [0.2, 0.25) is 0 Å². The molecule has 1 saturated heterocycles. The van der Waals surface area contributed by atoms with Crippen LogP contribution < -0.4 is 11.2 Å². The number of carbonyl (C=O) groups is 1. The van der Waals surface area contributed by atoms with Gasteiger partial charge in [0.25, 0.3) is 6.47 Å². The van der Waals surface area contributed by atoms with Gasteiger partial charge in [-0.2, -0.15) is 0 Å². The monoisotopic (exact) mass is 278 g/mol. The van der Waals surface area contributed by atoms with Crippen molar-refractivity contribution in [3.8, 4) is 0 Å². The third-order valence-electron chi connectivity index (χ3n) is 3.85. The van der Waals surface area contributed by atoms with Crippen LogP contribution in [0.5, 0.6) is 0 Å². The second-order valence-corrected chi connectivity index (χ2v) is 5.81. The average Bonchev–Trinajstić information content (AvgIpc) is 2.57. The Balaban J connectivity index is 2.24. The molecule has 0 aliphatic carbocycles. The number of pyridine rings is 1. The lowest BCUT2D eigenvalue weighted by Crippen LogP contribution is -2.41. The van der Waals surface area contributed by atoms with Crippen LogP contribution in [0.3, 0.4) is 0 Å². The molecule has 0 amide bonds. The Hall–Kier alpha value is -1.60. The Morgan fingerprint density at radius 3 is 2.50 bits per heavy atom. The summed E-state index contributed by atoms with van der Waals surface area (Å²) in [5.74, 6) is 0.326. The van der Waals surface area contributed by atoms with Gasteiger partial charge in [-0.25, -0.2) is 4.98 Å². The molecule has 2 N–H and O–H groups in total. The second kappa shape index (κ2) is 5.07. The van der Waals surface area contributed by atoms with Crippen molar-refractivity contribution in [2.75, 3.05) is 5.73 Å². The fourth-order valence-electron chi connectivity index (χ4n) is 1.89. The van der Waals surface area contributed by atoms with Gasteiger partial charge >= 0.3 is 7.12 Å². The SMILES string of the molecule is CC1(C)OB(c2cnc(N)c(COC=O)c2)OC1(C)C. The van der Waals surface area contributed by atoms with E-state index in [1.807, 2.05) is 27.7 Å². The van der Waals surface area contributed by atoms with Crippen LogP contribution in [-0.2, 0) is 25.4 Å². The van der Waals surface area contributed by atoms with Crippen molar-refractivity contribution in [2.24, 2.45) is 0 Å². The lowest BCUT2D eigenvalue weighted by atomic mass is 9.79. The quantitative estimate of drug-likeness (QED) is 0.642. The number of ether oxygens (including phenoxy) is 1. The molecule has 1 aliphatic rings. The Kier molecular flexibility index (Phi) is 3.75. The van der Waals surface area contributed by atoms with Crippen molar-refractivity contribution in [3.63, 3.8) is 0 Å². The van der Waals surface area contributed by atoms with Gasteiger partial charge < -0.3 is 19.8 Å². The second-order valence-electron chi connectivity index (χ2n) is 5.81. The first-order valence-electron chi connectivity index (χ1n) is 6.42. The third-order valence-corrected chi connectivity index (χ3v) is 3.85. The predicted octanol–water partition coefficient (Wildman–Crippen LogP) is 0.636. The van der Waals surface area contributed by atoms with Crippen molar-refractivity contribution in [3.05, 3.63) is 17.8 Å². The van der Waals surface area contributed by atoms with E-state index in [2.05, 4.69) is 4.98 Å². The smallest absolute Gasteiger partial charge is 0.463 e. The minimum atomic E-state index is -0.511. The number of carbonyl (C=O) groups excluding carboxylic acids is 1. The average molecular weight is 278 g/mol. The minimum Gasteiger partial charge on any atom is -0.463 e. The zero-order valence-corrected chi connectivity index (χ0v) is 12.2. The molecule has 108 valence electrons. The van der Waals surface area contributed by atoms with Crippen LogP contribution >= 0.6 is 0 Å². The molecule has 0 saturated carbocycles. The Morgan fingerprint density at radius 1 is 1.35 bits per heavy atom. The maximum atomic E-state index is 10.3. The van der Waals surface area contributed by atoms with Crippen molar-refractivity contribution >= 4 is 24.9 Å². The van der Waals surface area contributed by atoms with Crippen molar-refractivity contribution in [1.82, 2.24) is 4.98 Å². The van der Waals surface area contributed by atoms with E-state index in [1.54, 1.807) is 12.3 Å². The lowest BCUT2D eigenvalue weighted by Gasteiger charge is -2.32. The molecule has 2 heterocycles. The highest BCUT2D eigenvalue weighted by atomic mass is 16.7. The molecule has 0 unspecified atom stereocenters. The summed E-state index contributed by atoms with van der Waals surface area (Å²) in [7, 11) is -0.511. The zero-order valence-electron chi connectivity index (χ0n) is 12.2. The summed E-state index contributed by atoms with van der Waals surface area (Å²) in [4.78, 5) is 14.4. The molecule has 0 radical (unpaired) electrons. The summed E-state index contributed by atoms with van der Waals surface area (Å²) in [6, 6.07) is 1.79. The fourth-order valence-corrected chi connectivity index (χ4v) is 1.89. The number of anilines is 1. The molecule has 1 aromatic rings. The molecule has 20 heavy (non-hydrogen) atoms. The minimum absolute atomic E-state index is 0.0790. The molecular formula is C13H19BN2O4. The van der Waals surface area contributed by atoms with Gasteiger partial charge in [0.05, 0.1) is 11.2 Å². The molecule has 1 aliphatic heterocycles. The number of hydrogen-bond donors (Lipinski definition) is 1. The number of nitrogens with two attached hydrogens (primary N) is 1. The van der Waals surface area contributed by atoms with Gasteiger partial charge in [0.1, 0.15) is 12.4 Å². The molecule has 0 spiro atoms. The first-order chi connectivity index (χ1) is 9.27. The van der Waals surface area contributed by atoms with Crippen LogP contribution in [0.25, 0.3) is 0 Å². The molecule has 6 nitrogen and oxygen atoms in total. The highest BCUT2D eigenvalue weighted by molar-refractivity contribution is 6.62. The van der Waals surface area contributed by atoms with E-state index in [0.717, 1.165) is 5.46 Å². The standard InChI is InChI=1S/C13H19BN2O4/c1-12(2)13(3,4)20-14(19-12)10-5-9(7-18-8-17)11(15)16-6-10/h5-6,8H,7H2,1-4H3,(H2,15,16). The maximum Gasteiger partial charge on any atom is 0.496 e. The molecule has 0 atom stereocenters. The third kappa shape index (κ3) is 2.64.